The van der Waals surface area contributed by atoms with Crippen LogP contribution < -0.4 is 14.9 Å². The number of benzene rings is 2. The molecular weight excluding hydrogens is 572 g/mol. The van der Waals surface area contributed by atoms with Crippen molar-refractivity contribution in [2.24, 2.45) is 11.8 Å². The van der Waals surface area contributed by atoms with Gasteiger partial charge < -0.3 is 19.5 Å². The molecule has 1 aliphatic heterocycles. The molecule has 2 amide bonds. The van der Waals surface area contributed by atoms with Crippen LogP contribution in [0.2, 0.25) is 0 Å². The molecule has 2 aromatic rings. The second-order valence-corrected chi connectivity index (χ2v) is 14.0. The molecule has 43 heavy (non-hydrogen) atoms. The fraction of sp³-hybridized carbons (Fsp3) is 0.548. The lowest BCUT2D eigenvalue weighted by atomic mass is 9.99. The third-order valence-corrected chi connectivity index (χ3v) is 8.55. The molecule has 0 saturated heterocycles. The Balaban J connectivity index is 2.00. The molecule has 0 saturated carbocycles. The van der Waals surface area contributed by atoms with Gasteiger partial charge in [0.05, 0.1) is 23.6 Å². The molecule has 238 valence electrons. The zero-order valence-electron chi connectivity index (χ0n) is 26.2. The normalized spacial score (nSPS) is 16.1. The van der Waals surface area contributed by atoms with Crippen molar-refractivity contribution < 1.29 is 32.6 Å². The van der Waals surface area contributed by atoms with Gasteiger partial charge >= 0.3 is 0 Å². The van der Waals surface area contributed by atoms with E-state index in [4.69, 9.17) is 9.47 Å². The van der Waals surface area contributed by atoms with E-state index < -0.39 is 34.4 Å². The van der Waals surface area contributed by atoms with Crippen molar-refractivity contribution in [3.63, 3.8) is 0 Å². The van der Waals surface area contributed by atoms with Crippen molar-refractivity contribution in [2.75, 3.05) is 33.7 Å². The first kappa shape index (κ1) is 34.3. The lowest BCUT2D eigenvalue weighted by molar-refractivity contribution is -0.148. The van der Waals surface area contributed by atoms with E-state index in [1.165, 1.54) is 21.4 Å². The van der Waals surface area contributed by atoms with E-state index in [1.54, 1.807) is 32.0 Å². The Morgan fingerprint density at radius 3 is 2.21 bits per heavy atom. The summed E-state index contributed by atoms with van der Waals surface area (Å²) in [5.41, 5.74) is 3.53. The van der Waals surface area contributed by atoms with Crippen molar-refractivity contribution in [1.82, 2.24) is 19.6 Å². The Morgan fingerprint density at radius 2 is 1.60 bits per heavy atom. The summed E-state index contributed by atoms with van der Waals surface area (Å²) >= 11 is 0. The number of ether oxygens (including phenoxy) is 2. The summed E-state index contributed by atoms with van der Waals surface area (Å²) in [4.78, 5) is 28.1. The fourth-order valence-corrected chi connectivity index (χ4v) is 6.50. The smallest absolute Gasteiger partial charge is 0.252 e. The van der Waals surface area contributed by atoms with Gasteiger partial charge in [0, 0.05) is 32.5 Å². The van der Waals surface area contributed by atoms with Gasteiger partial charge in [0.15, 0.2) is 11.5 Å². The molecule has 1 unspecified atom stereocenters. The Kier molecular flexibility index (Phi) is 12.0. The average Bonchev–Trinajstić information content (AvgIpc) is 3.29. The first-order valence-corrected chi connectivity index (χ1v) is 16.1. The standard InChI is InChI=1S/C31H46N4O7S/c1-21(2)15-31(38)35(32-30(37)20-33(6)7)26(16-24-11-9-8-10-12-24)27(36)19-34(18-22(3)4)43(39,40)25-13-14-28-29(17-25)42-23(5)41-28/h8-14,17,21-23,26-27,36H,15-16,18-20H2,1-7H3,(H,32,37)/t23?,26-,27+/m0/s1. The Labute approximate surface area is 255 Å². The number of rotatable bonds is 14. The van der Waals surface area contributed by atoms with Gasteiger partial charge in [0.25, 0.3) is 5.91 Å². The Morgan fingerprint density at radius 1 is 0.953 bits per heavy atom. The second kappa shape index (κ2) is 15.0. The number of aliphatic hydroxyl groups excluding tert-OH is 1. The van der Waals surface area contributed by atoms with E-state index in [-0.39, 0.29) is 55.1 Å². The van der Waals surface area contributed by atoms with Crippen LogP contribution in [0.15, 0.2) is 53.4 Å². The van der Waals surface area contributed by atoms with Crippen LogP contribution in [0.1, 0.15) is 46.6 Å². The number of fused-ring (bicyclic) bond motifs is 1. The third-order valence-electron chi connectivity index (χ3n) is 6.72. The fourth-order valence-electron chi connectivity index (χ4n) is 4.87. The summed E-state index contributed by atoms with van der Waals surface area (Å²) in [6, 6.07) is 12.8. The number of hydrogen-bond acceptors (Lipinski definition) is 8. The maximum atomic E-state index is 14.0. The van der Waals surface area contributed by atoms with Crippen molar-refractivity contribution >= 4 is 21.8 Å². The highest BCUT2D eigenvalue weighted by atomic mass is 32.2. The van der Waals surface area contributed by atoms with E-state index in [2.05, 4.69) is 5.43 Å². The largest absolute Gasteiger partial charge is 0.451 e. The van der Waals surface area contributed by atoms with E-state index in [1.807, 2.05) is 58.0 Å². The second-order valence-electron chi connectivity index (χ2n) is 12.1. The number of nitrogens with one attached hydrogen (secondary N) is 1. The molecule has 0 aliphatic carbocycles. The maximum absolute atomic E-state index is 14.0. The Hall–Kier alpha value is -3.19. The van der Waals surface area contributed by atoms with Crippen LogP contribution in [0.4, 0.5) is 0 Å². The highest BCUT2D eigenvalue weighted by Gasteiger charge is 2.36. The van der Waals surface area contributed by atoms with Crippen LogP contribution in [-0.4, -0.2) is 91.7 Å². The number of sulfonamides is 1. The number of hydrogen-bond donors (Lipinski definition) is 2. The van der Waals surface area contributed by atoms with Crippen molar-refractivity contribution in [1.29, 1.82) is 0 Å². The van der Waals surface area contributed by atoms with Gasteiger partial charge in [-0.1, -0.05) is 58.0 Å². The quantitative estimate of drug-likeness (QED) is 0.310. The number of likely N-dealkylation sites (N-methyl/N-ethyl adjacent to an activating group) is 1. The average molecular weight is 619 g/mol. The number of aliphatic hydroxyl groups is 1. The summed E-state index contributed by atoms with van der Waals surface area (Å²) in [5.74, 6) is -0.0880. The molecule has 3 rings (SSSR count). The minimum atomic E-state index is -4.10. The highest BCUT2D eigenvalue weighted by molar-refractivity contribution is 7.89. The van der Waals surface area contributed by atoms with E-state index in [9.17, 15) is 23.1 Å². The number of nitrogens with zero attached hydrogens (tertiary/aromatic N) is 3. The molecule has 2 aromatic carbocycles. The molecule has 0 spiro atoms. The summed E-state index contributed by atoms with van der Waals surface area (Å²) in [6.07, 6.45) is -1.56. The van der Waals surface area contributed by atoms with Gasteiger partial charge in [0.1, 0.15) is 0 Å². The SMILES string of the molecule is CC(C)CC(=O)N(NC(=O)CN(C)C)[C@@H](Cc1ccccc1)[C@H](O)CN(CC(C)C)S(=O)(=O)c1ccc2c(c1)OC(C)O2. The van der Waals surface area contributed by atoms with Gasteiger partial charge in [-0.2, -0.15) is 4.31 Å². The highest BCUT2D eigenvalue weighted by Crippen LogP contribution is 2.37. The zero-order chi connectivity index (χ0) is 31.9. The van der Waals surface area contributed by atoms with Crippen molar-refractivity contribution in [2.45, 2.75) is 70.8 Å². The van der Waals surface area contributed by atoms with Crippen LogP contribution >= 0.6 is 0 Å². The van der Waals surface area contributed by atoms with Crippen LogP contribution in [0, 0.1) is 11.8 Å². The molecule has 1 aliphatic rings. The molecule has 3 atom stereocenters. The first-order chi connectivity index (χ1) is 20.2. The number of amides is 2. The number of carbonyl (C=O) groups excluding carboxylic acids is 2. The summed E-state index contributed by atoms with van der Waals surface area (Å²) in [6.45, 7) is 9.11. The third kappa shape index (κ3) is 9.65. The Bertz CT molecular complexity index is 1330. The predicted molar refractivity (Wildman–Crippen MR) is 164 cm³/mol. The van der Waals surface area contributed by atoms with Gasteiger partial charge in [-0.3, -0.25) is 15.0 Å². The van der Waals surface area contributed by atoms with Gasteiger partial charge in [0.2, 0.25) is 22.2 Å². The predicted octanol–water partition coefficient (Wildman–Crippen LogP) is 2.89. The summed E-state index contributed by atoms with van der Waals surface area (Å²) in [7, 11) is -0.625. The van der Waals surface area contributed by atoms with Gasteiger partial charge in [-0.15, -0.1) is 0 Å². The molecule has 11 nitrogen and oxygen atoms in total. The van der Waals surface area contributed by atoms with Crippen LogP contribution in [0.3, 0.4) is 0 Å². The van der Waals surface area contributed by atoms with Crippen molar-refractivity contribution in [3.8, 4) is 11.5 Å². The van der Waals surface area contributed by atoms with E-state index in [0.29, 0.717) is 11.5 Å². The lowest BCUT2D eigenvalue weighted by Gasteiger charge is -2.37. The number of hydrazine groups is 1. The molecule has 2 N–H and O–H groups in total. The topological polar surface area (TPSA) is 129 Å². The molecule has 0 bridgehead atoms. The maximum Gasteiger partial charge on any atom is 0.252 e. The molecule has 0 aromatic heterocycles. The van der Waals surface area contributed by atoms with Crippen LogP contribution in [0.5, 0.6) is 11.5 Å². The van der Waals surface area contributed by atoms with Gasteiger partial charge in [-0.05, 0) is 50.0 Å². The van der Waals surface area contributed by atoms with E-state index in [0.717, 1.165) is 5.56 Å². The first-order valence-electron chi connectivity index (χ1n) is 14.6. The molecule has 1 heterocycles. The molecule has 12 heteroatoms. The van der Waals surface area contributed by atoms with Gasteiger partial charge in [-0.25, -0.2) is 13.4 Å². The molecular formula is C31H46N4O7S. The lowest BCUT2D eigenvalue weighted by Crippen LogP contribution is -2.60. The minimum Gasteiger partial charge on any atom is -0.451 e. The number of carbonyl (C=O) groups is 2. The van der Waals surface area contributed by atoms with Crippen molar-refractivity contribution in [3.05, 3.63) is 54.1 Å². The van der Waals surface area contributed by atoms with Crippen LogP contribution in [-0.2, 0) is 26.0 Å². The zero-order valence-corrected chi connectivity index (χ0v) is 27.0. The summed E-state index contributed by atoms with van der Waals surface area (Å²) < 4.78 is 40.3. The molecule has 0 radical (unpaired) electrons. The monoisotopic (exact) mass is 618 g/mol. The summed E-state index contributed by atoms with van der Waals surface area (Å²) in [5, 5.41) is 13.0. The van der Waals surface area contributed by atoms with Crippen LogP contribution in [0.25, 0.3) is 0 Å². The van der Waals surface area contributed by atoms with E-state index >= 15 is 0 Å². The minimum absolute atomic E-state index is 0.00318. The molecule has 0 fully saturated rings.